The van der Waals surface area contributed by atoms with Crippen molar-refractivity contribution in [1.82, 2.24) is 10.0 Å². The molecule has 0 heterocycles. The Labute approximate surface area is 227 Å². The van der Waals surface area contributed by atoms with E-state index in [1.54, 1.807) is 36.4 Å². The highest BCUT2D eigenvalue weighted by molar-refractivity contribution is 7.89. The number of carbonyl (C=O) groups is 1. The van der Waals surface area contributed by atoms with Crippen LogP contribution in [0.1, 0.15) is 21.5 Å². The maximum atomic E-state index is 12.9. The number of amides is 1. The number of para-hydroxylation sites is 1. The third-order valence-electron chi connectivity index (χ3n) is 5.58. The van der Waals surface area contributed by atoms with Gasteiger partial charge in [-0.1, -0.05) is 72.8 Å². The Bertz CT molecular complexity index is 1480. The van der Waals surface area contributed by atoms with E-state index in [1.165, 1.54) is 12.1 Å². The molecule has 4 aromatic carbocycles. The Balaban J connectivity index is 1.31. The van der Waals surface area contributed by atoms with E-state index >= 15 is 0 Å². The Hall–Kier alpha value is -4.05. The van der Waals surface area contributed by atoms with Gasteiger partial charge in [-0.25, -0.2) is 13.1 Å². The minimum absolute atomic E-state index is 0.0758. The molecule has 0 aliphatic rings. The lowest BCUT2D eigenvalue weighted by Crippen LogP contribution is -2.34. The number of anilines is 1. The van der Waals surface area contributed by atoms with E-state index in [1.807, 2.05) is 60.7 Å². The van der Waals surface area contributed by atoms with Gasteiger partial charge >= 0.3 is 0 Å². The summed E-state index contributed by atoms with van der Waals surface area (Å²) in [6.07, 6.45) is 0.713. The fourth-order valence-electron chi connectivity index (χ4n) is 3.61. The zero-order valence-corrected chi connectivity index (χ0v) is 22.1. The van der Waals surface area contributed by atoms with Crippen LogP contribution in [-0.4, -0.2) is 26.0 Å². The van der Waals surface area contributed by atoms with Crippen LogP contribution in [0.5, 0.6) is 5.75 Å². The van der Waals surface area contributed by atoms with Crippen LogP contribution in [0.15, 0.2) is 114 Å². The van der Waals surface area contributed by atoms with E-state index in [-0.39, 0.29) is 16.6 Å². The summed E-state index contributed by atoms with van der Waals surface area (Å²) in [7, 11) is -3.68. The summed E-state index contributed by atoms with van der Waals surface area (Å²) in [6, 6.07) is 32.3. The minimum Gasteiger partial charge on any atom is -0.492 e. The van der Waals surface area contributed by atoms with Crippen LogP contribution in [0.3, 0.4) is 0 Å². The number of hydrogen-bond acceptors (Lipinski definition) is 5. The van der Waals surface area contributed by atoms with Gasteiger partial charge in [0.2, 0.25) is 10.0 Å². The first-order chi connectivity index (χ1) is 18.4. The van der Waals surface area contributed by atoms with Crippen molar-refractivity contribution in [1.29, 1.82) is 0 Å². The standard InChI is InChI=1S/C29H27N3O4S2/c33-28(26-13-7-8-14-27(26)36-20-19-22-9-3-1-4-10-22)32-29(37)31-24-15-17-25(18-16-24)38(34,35)30-21-23-11-5-2-6-12-23/h1-18,30H,19-21H2,(H2,31,32,33,37). The molecule has 1 amide bonds. The largest absolute Gasteiger partial charge is 0.492 e. The minimum atomic E-state index is -3.68. The maximum absolute atomic E-state index is 12.9. The van der Waals surface area contributed by atoms with Crippen molar-refractivity contribution in [2.24, 2.45) is 0 Å². The molecule has 0 saturated carbocycles. The van der Waals surface area contributed by atoms with Crippen molar-refractivity contribution in [2.75, 3.05) is 11.9 Å². The molecule has 0 fully saturated rings. The molecular formula is C29H27N3O4S2. The van der Waals surface area contributed by atoms with Crippen molar-refractivity contribution in [2.45, 2.75) is 17.9 Å². The van der Waals surface area contributed by atoms with E-state index in [0.717, 1.165) is 11.1 Å². The number of nitrogens with one attached hydrogen (secondary N) is 3. The summed E-state index contributed by atoms with van der Waals surface area (Å²) in [5.41, 5.74) is 2.89. The monoisotopic (exact) mass is 545 g/mol. The maximum Gasteiger partial charge on any atom is 0.261 e. The predicted molar refractivity (Wildman–Crippen MR) is 153 cm³/mol. The molecule has 0 aromatic heterocycles. The van der Waals surface area contributed by atoms with Crippen molar-refractivity contribution in [3.63, 3.8) is 0 Å². The molecule has 9 heteroatoms. The molecule has 0 saturated heterocycles. The summed E-state index contributed by atoms with van der Waals surface area (Å²) in [4.78, 5) is 13.0. The number of rotatable bonds is 10. The Kier molecular flexibility index (Phi) is 9.21. The second-order valence-corrected chi connectivity index (χ2v) is 10.5. The number of benzene rings is 4. The molecule has 7 nitrogen and oxygen atoms in total. The van der Waals surface area contributed by atoms with Crippen LogP contribution in [0, 0.1) is 0 Å². The second kappa shape index (κ2) is 13.0. The van der Waals surface area contributed by atoms with Gasteiger partial charge in [-0.3, -0.25) is 10.1 Å². The Morgan fingerprint density at radius 1 is 0.763 bits per heavy atom. The third kappa shape index (κ3) is 7.72. The first-order valence-corrected chi connectivity index (χ1v) is 13.8. The smallest absolute Gasteiger partial charge is 0.261 e. The average Bonchev–Trinajstić information content (AvgIpc) is 2.93. The molecule has 0 atom stereocenters. The molecule has 0 aliphatic carbocycles. The number of carbonyl (C=O) groups excluding carboxylic acids is 1. The van der Waals surface area contributed by atoms with Crippen LogP contribution in [0.2, 0.25) is 0 Å². The highest BCUT2D eigenvalue weighted by Gasteiger charge is 2.15. The lowest BCUT2D eigenvalue weighted by molar-refractivity contribution is 0.0974. The molecule has 3 N–H and O–H groups in total. The van der Waals surface area contributed by atoms with Crippen LogP contribution in [0.4, 0.5) is 5.69 Å². The van der Waals surface area contributed by atoms with E-state index < -0.39 is 15.9 Å². The van der Waals surface area contributed by atoms with Gasteiger partial charge in [-0.15, -0.1) is 0 Å². The summed E-state index contributed by atoms with van der Waals surface area (Å²) in [5.74, 6) is 0.0448. The van der Waals surface area contributed by atoms with Gasteiger partial charge in [0.25, 0.3) is 5.91 Å². The van der Waals surface area contributed by atoms with Gasteiger partial charge in [0.05, 0.1) is 17.1 Å². The van der Waals surface area contributed by atoms with Crippen molar-refractivity contribution in [3.05, 3.63) is 126 Å². The van der Waals surface area contributed by atoms with Crippen LogP contribution in [-0.2, 0) is 23.0 Å². The summed E-state index contributed by atoms with van der Waals surface area (Å²) >= 11 is 5.29. The molecule has 0 aliphatic heterocycles. The van der Waals surface area contributed by atoms with Gasteiger partial charge in [0.15, 0.2) is 5.11 Å². The van der Waals surface area contributed by atoms with Crippen molar-refractivity contribution < 1.29 is 17.9 Å². The number of thiocarbonyl (C=S) groups is 1. The highest BCUT2D eigenvalue weighted by atomic mass is 32.2. The molecule has 0 unspecified atom stereocenters. The first-order valence-electron chi connectivity index (χ1n) is 11.9. The van der Waals surface area contributed by atoms with Gasteiger partial charge in [0.1, 0.15) is 5.75 Å². The normalized spacial score (nSPS) is 10.9. The fraction of sp³-hybridized carbons (Fsp3) is 0.103. The van der Waals surface area contributed by atoms with Gasteiger partial charge in [0, 0.05) is 18.7 Å². The zero-order valence-electron chi connectivity index (χ0n) is 20.5. The van der Waals surface area contributed by atoms with E-state index in [4.69, 9.17) is 17.0 Å². The predicted octanol–water partition coefficient (Wildman–Crippen LogP) is 4.91. The molecule has 0 radical (unpaired) electrons. The third-order valence-corrected chi connectivity index (χ3v) is 7.20. The van der Waals surface area contributed by atoms with Crippen molar-refractivity contribution in [3.8, 4) is 5.75 Å². The van der Waals surface area contributed by atoms with Gasteiger partial charge in [-0.2, -0.15) is 0 Å². The summed E-state index contributed by atoms with van der Waals surface area (Å²) in [5, 5.41) is 5.63. The van der Waals surface area contributed by atoms with Crippen LogP contribution < -0.4 is 20.1 Å². The first kappa shape index (κ1) is 27.0. The lowest BCUT2D eigenvalue weighted by atomic mass is 10.1. The second-order valence-electron chi connectivity index (χ2n) is 8.32. The van der Waals surface area contributed by atoms with Gasteiger partial charge < -0.3 is 10.1 Å². The zero-order chi connectivity index (χ0) is 26.8. The number of ether oxygens (including phenoxy) is 1. The molecule has 4 aromatic rings. The van der Waals surface area contributed by atoms with E-state index in [9.17, 15) is 13.2 Å². The molecule has 4 rings (SSSR count). The topological polar surface area (TPSA) is 96.5 Å². The Morgan fingerprint density at radius 2 is 1.37 bits per heavy atom. The fourth-order valence-corrected chi connectivity index (χ4v) is 4.84. The molecule has 0 bridgehead atoms. The quantitative estimate of drug-likeness (QED) is 0.245. The van der Waals surface area contributed by atoms with Crippen LogP contribution >= 0.6 is 12.2 Å². The summed E-state index contributed by atoms with van der Waals surface area (Å²) < 4.78 is 33.7. The van der Waals surface area contributed by atoms with Crippen LogP contribution in [0.25, 0.3) is 0 Å². The molecule has 38 heavy (non-hydrogen) atoms. The van der Waals surface area contributed by atoms with Gasteiger partial charge in [-0.05, 0) is 59.7 Å². The lowest BCUT2D eigenvalue weighted by Gasteiger charge is -2.13. The van der Waals surface area contributed by atoms with E-state index in [2.05, 4.69) is 15.4 Å². The Morgan fingerprint density at radius 3 is 2.05 bits per heavy atom. The average molecular weight is 546 g/mol. The van der Waals surface area contributed by atoms with E-state index in [0.29, 0.717) is 30.0 Å². The highest BCUT2D eigenvalue weighted by Crippen LogP contribution is 2.19. The van der Waals surface area contributed by atoms with Crippen molar-refractivity contribution >= 4 is 38.9 Å². The molecule has 194 valence electrons. The molecule has 0 spiro atoms. The summed E-state index contributed by atoms with van der Waals surface area (Å²) in [6.45, 7) is 0.614. The number of sulfonamides is 1. The SMILES string of the molecule is O=C(NC(=S)Nc1ccc(S(=O)(=O)NCc2ccccc2)cc1)c1ccccc1OCCc1ccccc1. The molecular weight excluding hydrogens is 518 g/mol. The number of hydrogen-bond donors (Lipinski definition) is 3.